The molecular formula is C20H20FN3OS. The minimum atomic E-state index is -0.329. The minimum Gasteiger partial charge on any atom is -0.372 e. The van der Waals surface area contributed by atoms with Crippen molar-refractivity contribution in [3.8, 4) is 0 Å². The zero-order chi connectivity index (χ0) is 18.5. The van der Waals surface area contributed by atoms with E-state index in [9.17, 15) is 9.18 Å². The van der Waals surface area contributed by atoms with Crippen molar-refractivity contribution in [2.24, 2.45) is 4.99 Å². The summed E-state index contributed by atoms with van der Waals surface area (Å²) in [6, 6.07) is 14.1. The van der Waals surface area contributed by atoms with E-state index >= 15 is 0 Å². The Kier molecular flexibility index (Phi) is 5.73. The molecule has 26 heavy (non-hydrogen) atoms. The maximum absolute atomic E-state index is 13.3. The van der Waals surface area contributed by atoms with Crippen LogP contribution in [0.25, 0.3) is 6.08 Å². The van der Waals surface area contributed by atoms with E-state index < -0.39 is 0 Å². The summed E-state index contributed by atoms with van der Waals surface area (Å²) in [5.41, 5.74) is 2.57. The van der Waals surface area contributed by atoms with Crippen molar-refractivity contribution in [2.45, 2.75) is 13.8 Å². The Morgan fingerprint density at radius 1 is 1.15 bits per heavy atom. The van der Waals surface area contributed by atoms with Gasteiger partial charge in [0.25, 0.3) is 5.91 Å². The average Bonchev–Trinajstić information content (AvgIpc) is 2.96. The molecule has 0 radical (unpaired) electrons. The largest absolute Gasteiger partial charge is 0.372 e. The van der Waals surface area contributed by atoms with E-state index in [0.717, 1.165) is 24.5 Å². The summed E-state index contributed by atoms with van der Waals surface area (Å²) >= 11 is 1.25. The summed E-state index contributed by atoms with van der Waals surface area (Å²) in [7, 11) is 0. The first kappa shape index (κ1) is 18.2. The number of aliphatic imine (C=N–C) groups is 1. The quantitative estimate of drug-likeness (QED) is 0.786. The summed E-state index contributed by atoms with van der Waals surface area (Å²) in [5.74, 6) is -0.553. The van der Waals surface area contributed by atoms with Gasteiger partial charge in [0.1, 0.15) is 5.82 Å². The first-order valence-corrected chi connectivity index (χ1v) is 9.31. The molecule has 1 saturated heterocycles. The predicted molar refractivity (Wildman–Crippen MR) is 107 cm³/mol. The SMILES string of the molecule is CCN(CC)c1ccc(N=C2NC(=O)C(=Cc3cccc(F)c3)S2)cc1. The molecule has 0 spiro atoms. The molecule has 1 aliphatic rings. The van der Waals surface area contributed by atoms with Crippen molar-refractivity contribution < 1.29 is 9.18 Å². The van der Waals surface area contributed by atoms with E-state index in [-0.39, 0.29) is 11.7 Å². The second kappa shape index (κ2) is 8.19. The van der Waals surface area contributed by atoms with Gasteiger partial charge >= 0.3 is 0 Å². The van der Waals surface area contributed by atoms with Gasteiger partial charge in [-0.2, -0.15) is 0 Å². The third-order valence-electron chi connectivity index (χ3n) is 4.01. The summed E-state index contributed by atoms with van der Waals surface area (Å²) < 4.78 is 13.3. The molecule has 0 unspecified atom stereocenters. The maximum Gasteiger partial charge on any atom is 0.264 e. The fourth-order valence-electron chi connectivity index (χ4n) is 2.67. The number of carbonyl (C=O) groups is 1. The Hall–Kier alpha value is -2.60. The molecule has 0 aliphatic carbocycles. The Labute approximate surface area is 156 Å². The van der Waals surface area contributed by atoms with Crippen LogP contribution in [0.1, 0.15) is 19.4 Å². The second-order valence-electron chi connectivity index (χ2n) is 5.73. The highest BCUT2D eigenvalue weighted by atomic mass is 32.2. The van der Waals surface area contributed by atoms with Crippen molar-refractivity contribution >= 4 is 40.3 Å². The first-order valence-electron chi connectivity index (χ1n) is 8.49. The van der Waals surface area contributed by atoms with E-state index in [1.807, 2.05) is 24.3 Å². The molecule has 1 fully saturated rings. The Morgan fingerprint density at radius 2 is 1.88 bits per heavy atom. The lowest BCUT2D eigenvalue weighted by atomic mass is 10.2. The topological polar surface area (TPSA) is 44.7 Å². The number of benzene rings is 2. The van der Waals surface area contributed by atoms with Crippen LogP contribution >= 0.6 is 11.8 Å². The number of nitrogens with one attached hydrogen (secondary N) is 1. The highest BCUT2D eigenvalue weighted by Crippen LogP contribution is 2.28. The third-order valence-corrected chi connectivity index (χ3v) is 4.92. The van der Waals surface area contributed by atoms with Crippen LogP contribution in [0.5, 0.6) is 0 Å². The molecule has 0 atom stereocenters. The van der Waals surface area contributed by atoms with E-state index in [2.05, 4.69) is 29.1 Å². The van der Waals surface area contributed by atoms with Gasteiger partial charge < -0.3 is 10.2 Å². The lowest BCUT2D eigenvalue weighted by molar-refractivity contribution is -0.115. The number of halogens is 1. The fourth-order valence-corrected chi connectivity index (χ4v) is 3.51. The van der Waals surface area contributed by atoms with Gasteiger partial charge in [0.2, 0.25) is 0 Å². The molecule has 3 rings (SSSR count). The molecular weight excluding hydrogens is 349 g/mol. The molecule has 1 N–H and O–H groups in total. The van der Waals surface area contributed by atoms with Gasteiger partial charge in [-0.15, -0.1) is 0 Å². The molecule has 6 heteroatoms. The van der Waals surface area contributed by atoms with Crippen LogP contribution in [0.4, 0.5) is 15.8 Å². The molecule has 2 aromatic rings. The highest BCUT2D eigenvalue weighted by molar-refractivity contribution is 8.18. The zero-order valence-electron chi connectivity index (χ0n) is 14.7. The number of anilines is 1. The van der Waals surface area contributed by atoms with Crippen LogP contribution in [-0.2, 0) is 4.79 Å². The molecule has 2 aromatic carbocycles. The Bertz CT molecular complexity index is 858. The van der Waals surface area contributed by atoms with E-state index in [1.165, 1.54) is 23.9 Å². The molecule has 1 heterocycles. The Morgan fingerprint density at radius 3 is 2.54 bits per heavy atom. The summed E-state index contributed by atoms with van der Waals surface area (Å²) in [5, 5.41) is 3.27. The van der Waals surface area contributed by atoms with Crippen molar-refractivity contribution in [3.63, 3.8) is 0 Å². The molecule has 134 valence electrons. The normalized spacial score (nSPS) is 17.0. The van der Waals surface area contributed by atoms with E-state index in [1.54, 1.807) is 18.2 Å². The Balaban J connectivity index is 1.75. The van der Waals surface area contributed by atoms with Crippen molar-refractivity contribution in [3.05, 3.63) is 64.8 Å². The molecule has 1 aliphatic heterocycles. The number of hydrogen-bond acceptors (Lipinski definition) is 4. The fraction of sp³-hybridized carbons (Fsp3) is 0.200. The molecule has 0 bridgehead atoms. The summed E-state index contributed by atoms with van der Waals surface area (Å²) in [6.45, 7) is 6.14. The van der Waals surface area contributed by atoms with E-state index in [4.69, 9.17) is 0 Å². The lowest BCUT2D eigenvalue weighted by Gasteiger charge is -2.20. The van der Waals surface area contributed by atoms with E-state index in [0.29, 0.717) is 15.6 Å². The van der Waals surface area contributed by atoms with Crippen LogP contribution in [0.2, 0.25) is 0 Å². The molecule has 1 amide bonds. The monoisotopic (exact) mass is 369 g/mol. The summed E-state index contributed by atoms with van der Waals surface area (Å²) in [4.78, 5) is 19.3. The molecule has 4 nitrogen and oxygen atoms in total. The van der Waals surface area contributed by atoms with Gasteiger partial charge in [-0.05, 0) is 73.6 Å². The number of carbonyl (C=O) groups excluding carboxylic acids is 1. The van der Waals surface area contributed by atoms with Crippen molar-refractivity contribution in [1.82, 2.24) is 5.32 Å². The van der Waals surface area contributed by atoms with Crippen LogP contribution < -0.4 is 10.2 Å². The van der Waals surface area contributed by atoms with Gasteiger partial charge in [-0.25, -0.2) is 9.38 Å². The smallest absolute Gasteiger partial charge is 0.264 e. The highest BCUT2D eigenvalue weighted by Gasteiger charge is 2.23. The summed E-state index contributed by atoms with van der Waals surface area (Å²) in [6.07, 6.45) is 1.66. The van der Waals surface area contributed by atoms with Crippen LogP contribution in [0.15, 0.2) is 58.4 Å². The number of thioether (sulfide) groups is 1. The van der Waals surface area contributed by atoms with Crippen molar-refractivity contribution in [1.29, 1.82) is 0 Å². The number of hydrogen-bond donors (Lipinski definition) is 1. The minimum absolute atomic E-state index is 0.224. The zero-order valence-corrected chi connectivity index (χ0v) is 15.5. The van der Waals surface area contributed by atoms with Crippen molar-refractivity contribution in [2.75, 3.05) is 18.0 Å². The van der Waals surface area contributed by atoms with Gasteiger partial charge in [0.05, 0.1) is 10.6 Å². The van der Waals surface area contributed by atoms with Gasteiger partial charge in [-0.3, -0.25) is 4.79 Å². The standard InChI is InChI=1S/C20H20FN3OS/c1-3-24(4-2)17-10-8-16(9-11-17)22-20-23-19(25)18(26-20)13-14-6-5-7-15(21)12-14/h5-13H,3-4H2,1-2H3,(H,22,23,25). The maximum atomic E-state index is 13.3. The van der Waals surface area contributed by atoms with Crippen LogP contribution in [0, 0.1) is 5.82 Å². The second-order valence-corrected chi connectivity index (χ2v) is 6.76. The van der Waals surface area contributed by atoms with Gasteiger partial charge in [0.15, 0.2) is 5.17 Å². The predicted octanol–water partition coefficient (Wildman–Crippen LogP) is 4.56. The van der Waals surface area contributed by atoms with Gasteiger partial charge in [-0.1, -0.05) is 12.1 Å². The molecule has 0 aromatic heterocycles. The average molecular weight is 369 g/mol. The number of rotatable bonds is 5. The number of amides is 1. The number of amidine groups is 1. The molecule has 0 saturated carbocycles. The van der Waals surface area contributed by atoms with Gasteiger partial charge in [0, 0.05) is 18.8 Å². The van der Waals surface area contributed by atoms with Crippen LogP contribution in [-0.4, -0.2) is 24.2 Å². The third kappa shape index (κ3) is 4.32. The van der Waals surface area contributed by atoms with Crippen LogP contribution in [0.3, 0.4) is 0 Å². The first-order chi connectivity index (χ1) is 12.6. The number of nitrogens with zero attached hydrogens (tertiary/aromatic N) is 2. The lowest BCUT2D eigenvalue weighted by Crippen LogP contribution is -2.21.